The van der Waals surface area contributed by atoms with Gasteiger partial charge in [0.1, 0.15) is 12.1 Å². The zero-order chi connectivity index (χ0) is 48.5. The van der Waals surface area contributed by atoms with Crippen LogP contribution in [-0.4, -0.2) is 126 Å². The highest BCUT2D eigenvalue weighted by Gasteiger charge is 2.42. The molecule has 15 heteroatoms. The van der Waals surface area contributed by atoms with Crippen LogP contribution < -0.4 is 10.7 Å². The topological polar surface area (TPSA) is 165 Å². The van der Waals surface area contributed by atoms with Gasteiger partial charge in [-0.2, -0.15) is 0 Å². The Morgan fingerprint density at radius 2 is 1.87 bits per heavy atom. The molecule has 3 saturated heterocycles. The molecular formula is C53H67N7O8. The lowest BCUT2D eigenvalue weighted by Crippen LogP contribution is -2.61. The molecule has 3 aliphatic heterocycles. The molecule has 2 unspecified atom stereocenters. The number of amides is 4. The van der Waals surface area contributed by atoms with E-state index in [2.05, 4.69) is 78.3 Å². The molecule has 0 spiro atoms. The Bertz CT molecular complexity index is 2530. The van der Waals surface area contributed by atoms with Gasteiger partial charge < -0.3 is 33.9 Å². The average Bonchev–Trinajstić information content (AvgIpc) is 4.13. The maximum atomic E-state index is 14.7. The second kappa shape index (κ2) is 22.4. The van der Waals surface area contributed by atoms with E-state index in [1.165, 1.54) is 4.90 Å². The summed E-state index contributed by atoms with van der Waals surface area (Å²) in [6.07, 6.45) is 5.32. The van der Waals surface area contributed by atoms with E-state index in [-0.39, 0.29) is 43.4 Å². The van der Waals surface area contributed by atoms with Crippen molar-refractivity contribution in [1.29, 1.82) is 0 Å². The van der Waals surface area contributed by atoms with Gasteiger partial charge in [0, 0.05) is 88.0 Å². The molecule has 15 nitrogen and oxygen atoms in total. The minimum absolute atomic E-state index is 0.195. The molecule has 5 atom stereocenters. The molecule has 3 aliphatic rings. The molecule has 4 aromatic rings. The van der Waals surface area contributed by atoms with E-state index in [4.69, 9.17) is 19.2 Å². The number of hydrogen-bond acceptors (Lipinski definition) is 10. The van der Waals surface area contributed by atoms with Crippen molar-refractivity contribution >= 4 is 41.0 Å². The first-order valence-corrected chi connectivity index (χ1v) is 24.0. The van der Waals surface area contributed by atoms with E-state index < -0.39 is 35.4 Å². The molecular weight excluding hydrogens is 863 g/mol. The van der Waals surface area contributed by atoms with Gasteiger partial charge in [-0.3, -0.25) is 34.0 Å². The third kappa shape index (κ3) is 11.1. The summed E-state index contributed by atoms with van der Waals surface area (Å²) in [5, 5.41) is 5.77. The molecule has 2 aromatic heterocycles. The quantitative estimate of drug-likeness (QED) is 0.0912. The molecule has 0 saturated carbocycles. The fraction of sp³-hybridized carbons (Fsp3) is 0.509. The van der Waals surface area contributed by atoms with Crippen molar-refractivity contribution in [3.63, 3.8) is 0 Å². The zero-order valence-electron chi connectivity index (χ0n) is 40.6. The molecule has 362 valence electrons. The number of aromatic nitrogens is 2. The molecule has 68 heavy (non-hydrogen) atoms. The first-order chi connectivity index (χ1) is 32.8. The van der Waals surface area contributed by atoms with E-state index in [0.29, 0.717) is 58.5 Å². The summed E-state index contributed by atoms with van der Waals surface area (Å²) < 4.78 is 19.5. The highest BCUT2D eigenvalue weighted by Crippen LogP contribution is 2.42. The van der Waals surface area contributed by atoms with Gasteiger partial charge in [0.15, 0.2) is 0 Å². The molecule has 0 aliphatic carbocycles. The van der Waals surface area contributed by atoms with Crippen molar-refractivity contribution in [1.82, 2.24) is 35.1 Å². The molecule has 7 rings (SSSR count). The summed E-state index contributed by atoms with van der Waals surface area (Å²) in [6, 6.07) is 16.6. The van der Waals surface area contributed by atoms with Crippen LogP contribution in [0.1, 0.15) is 89.6 Å². The predicted octanol–water partition coefficient (Wildman–Crippen LogP) is 5.87. The number of methoxy groups -OCH3 is 1. The van der Waals surface area contributed by atoms with Gasteiger partial charge in [-0.15, -0.1) is 0 Å². The number of pyridine rings is 1. The van der Waals surface area contributed by atoms with Crippen molar-refractivity contribution in [3.8, 4) is 34.2 Å². The van der Waals surface area contributed by atoms with Gasteiger partial charge in [0.2, 0.25) is 11.8 Å². The number of hydrogen-bond donors (Lipinski definition) is 2. The number of likely N-dealkylation sites (tertiary alicyclic amines) is 1. The van der Waals surface area contributed by atoms with E-state index >= 15 is 0 Å². The van der Waals surface area contributed by atoms with Gasteiger partial charge >= 0.3 is 0 Å². The Kier molecular flexibility index (Phi) is 16.4. The molecule has 2 aromatic carbocycles. The first kappa shape index (κ1) is 49.8. The molecule has 0 radical (unpaired) electrons. The average molecular weight is 930 g/mol. The number of benzene rings is 2. The largest absolute Gasteiger partial charge is 0.467 e. The van der Waals surface area contributed by atoms with Crippen LogP contribution in [0.5, 0.6) is 0 Å². The van der Waals surface area contributed by atoms with Gasteiger partial charge in [0.05, 0.1) is 36.1 Å². The molecule has 4 amide bonds. The number of nitrogens with one attached hydrogen (secondary N) is 2. The maximum absolute atomic E-state index is 14.7. The SMILES string of the molecule is CC#CC(=O)N1CC[C@H](C(=O)N(C)C(C(=O)N[C@@H](Cc2cccc(-c3ccc4c(c3)c(CC(C)(C)COC=O)c(-c3cccnc3[C@H](C)OC)n4CC)c2)C(=O)N2CCCCN2)C2CCCO2)C1. The molecule has 0 bridgehead atoms. The van der Waals surface area contributed by atoms with Crippen LogP contribution in [0.15, 0.2) is 60.8 Å². The Morgan fingerprint density at radius 1 is 1.06 bits per heavy atom. The minimum Gasteiger partial charge on any atom is -0.467 e. The van der Waals surface area contributed by atoms with E-state index in [0.717, 1.165) is 69.4 Å². The van der Waals surface area contributed by atoms with Crippen LogP contribution in [-0.2, 0) is 57.6 Å². The Balaban J connectivity index is 1.22. The third-order valence-corrected chi connectivity index (χ3v) is 13.6. The fourth-order valence-corrected chi connectivity index (χ4v) is 10.1. The van der Waals surface area contributed by atoms with Crippen molar-refractivity contribution in [2.45, 2.75) is 110 Å². The van der Waals surface area contributed by atoms with Crippen molar-refractivity contribution in [2.75, 3.05) is 53.6 Å². The Labute approximate surface area is 400 Å². The smallest absolute Gasteiger partial charge is 0.298 e. The zero-order valence-corrected chi connectivity index (χ0v) is 40.6. The number of carbonyl (C=O) groups is 5. The monoisotopic (exact) mass is 930 g/mol. The van der Waals surface area contributed by atoms with Gasteiger partial charge in [-0.1, -0.05) is 50.1 Å². The van der Waals surface area contributed by atoms with Gasteiger partial charge in [0.25, 0.3) is 18.3 Å². The minimum atomic E-state index is -0.988. The second-order valence-corrected chi connectivity index (χ2v) is 19.0. The lowest BCUT2D eigenvalue weighted by Gasteiger charge is -2.35. The number of likely N-dealkylation sites (N-methyl/N-ethyl adjacent to an activating group) is 1. The van der Waals surface area contributed by atoms with E-state index in [1.54, 1.807) is 37.2 Å². The Morgan fingerprint density at radius 3 is 2.57 bits per heavy atom. The number of aryl methyl sites for hydroxylation is 1. The third-order valence-electron chi connectivity index (χ3n) is 13.6. The summed E-state index contributed by atoms with van der Waals surface area (Å²) in [4.78, 5) is 75.0. The predicted molar refractivity (Wildman–Crippen MR) is 259 cm³/mol. The van der Waals surface area contributed by atoms with Crippen molar-refractivity contribution in [2.24, 2.45) is 11.3 Å². The number of ether oxygens (including phenoxy) is 3. The van der Waals surface area contributed by atoms with Crippen molar-refractivity contribution in [3.05, 3.63) is 77.6 Å². The van der Waals surface area contributed by atoms with E-state index in [9.17, 15) is 24.0 Å². The standard InChI is InChI=1S/C53H67N7O8/c1-8-15-46(62)58-26-22-39(32-58)51(64)57(6)49(45-19-14-27-68-45)50(63)56-43(52(65)60-25-11-10-24-55-60)29-36-16-12-17-37(28-36)38-20-21-44-41(30-38)42(31-53(4,5)33-67-34-61)48(59(44)9-2)40-18-13-23-54-47(40)35(3)66-7/h12-13,16-18,20-21,23,28,30,34-35,39,43,45,49,55H,9-11,14,19,22,24-27,29,31-33H2,1-7H3,(H,56,63)/t35-,39-,43-,45?,49?/m0/s1. The number of nitrogens with zero attached hydrogens (tertiary/aromatic N) is 5. The number of fused-ring (bicyclic) bond motifs is 1. The molecule has 5 heterocycles. The summed E-state index contributed by atoms with van der Waals surface area (Å²) in [7, 11) is 3.30. The summed E-state index contributed by atoms with van der Waals surface area (Å²) in [5.41, 5.74) is 10.6. The van der Waals surface area contributed by atoms with Crippen LogP contribution in [0.3, 0.4) is 0 Å². The fourth-order valence-electron chi connectivity index (χ4n) is 10.1. The summed E-state index contributed by atoms with van der Waals surface area (Å²) in [6.45, 7) is 13.6. The maximum Gasteiger partial charge on any atom is 0.298 e. The van der Waals surface area contributed by atoms with Crippen LogP contribution in [0.25, 0.3) is 33.3 Å². The highest BCUT2D eigenvalue weighted by molar-refractivity contribution is 5.97. The first-order valence-electron chi connectivity index (χ1n) is 24.0. The molecule has 3 fully saturated rings. The normalized spacial score (nSPS) is 18.6. The number of carbonyl (C=O) groups excluding carboxylic acids is 5. The summed E-state index contributed by atoms with van der Waals surface area (Å²) >= 11 is 0. The number of rotatable bonds is 18. The van der Waals surface area contributed by atoms with Gasteiger partial charge in [-0.05, 0) is 112 Å². The second-order valence-electron chi connectivity index (χ2n) is 19.0. The van der Waals surface area contributed by atoms with Crippen LogP contribution in [0, 0.1) is 23.2 Å². The highest BCUT2D eigenvalue weighted by atomic mass is 16.5. The van der Waals surface area contributed by atoms with Gasteiger partial charge in [-0.25, -0.2) is 5.43 Å². The van der Waals surface area contributed by atoms with Crippen LogP contribution >= 0.6 is 0 Å². The van der Waals surface area contributed by atoms with E-state index in [1.807, 2.05) is 31.2 Å². The Hall–Kier alpha value is -6.08. The molecule has 2 N–H and O–H groups in total. The van der Waals surface area contributed by atoms with Crippen LogP contribution in [0.4, 0.5) is 0 Å². The lowest BCUT2D eigenvalue weighted by molar-refractivity contribution is -0.148. The lowest BCUT2D eigenvalue weighted by atomic mass is 9.84. The number of hydrazine groups is 1. The van der Waals surface area contributed by atoms with Crippen molar-refractivity contribution < 1.29 is 38.2 Å². The van der Waals surface area contributed by atoms with Crippen LogP contribution in [0.2, 0.25) is 0 Å². The summed E-state index contributed by atoms with van der Waals surface area (Å²) in [5.74, 6) is 3.41.